The number of carbonyl (C=O) groups excluding carboxylic acids is 1. The zero-order valence-electron chi connectivity index (χ0n) is 10.3. The number of amides is 1. The first kappa shape index (κ1) is 13.1. The summed E-state index contributed by atoms with van der Waals surface area (Å²) in [5.41, 5.74) is 6.60. The van der Waals surface area contributed by atoms with E-state index in [0.717, 1.165) is 5.56 Å². The molecule has 4 heteroatoms. The molecule has 98 valence electrons. The number of hydrogen-bond donors (Lipinski definition) is 1. The Morgan fingerprint density at radius 3 is 2.58 bits per heavy atom. The molecule has 0 radical (unpaired) electrons. The van der Waals surface area contributed by atoms with Gasteiger partial charge in [-0.1, -0.05) is 18.2 Å². The molecule has 0 aliphatic heterocycles. The second-order valence-electron chi connectivity index (χ2n) is 4.12. The molecule has 2 aromatic carbocycles. The van der Waals surface area contributed by atoms with Crippen molar-refractivity contribution in [1.82, 2.24) is 0 Å². The van der Waals surface area contributed by atoms with Gasteiger partial charge in [0.05, 0.1) is 6.61 Å². The van der Waals surface area contributed by atoms with Crippen LogP contribution in [0.5, 0.6) is 5.75 Å². The summed E-state index contributed by atoms with van der Waals surface area (Å²) in [6, 6.07) is 13.0. The number of nitrogens with two attached hydrogens (primary N) is 1. The van der Waals surface area contributed by atoms with Crippen molar-refractivity contribution in [3.05, 3.63) is 65.5 Å². The molecule has 0 saturated heterocycles. The minimum absolute atomic E-state index is 0.251. The van der Waals surface area contributed by atoms with Crippen LogP contribution in [0.15, 0.2) is 48.5 Å². The topological polar surface area (TPSA) is 52.3 Å². The third-order valence-corrected chi connectivity index (χ3v) is 2.69. The van der Waals surface area contributed by atoms with E-state index in [0.29, 0.717) is 24.3 Å². The molecule has 0 aromatic heterocycles. The van der Waals surface area contributed by atoms with Crippen molar-refractivity contribution in [2.24, 2.45) is 5.73 Å². The third kappa shape index (κ3) is 3.81. The second kappa shape index (κ2) is 6.00. The maximum absolute atomic E-state index is 12.7. The highest BCUT2D eigenvalue weighted by Crippen LogP contribution is 2.13. The lowest BCUT2D eigenvalue weighted by atomic mass is 10.1. The van der Waals surface area contributed by atoms with Gasteiger partial charge < -0.3 is 10.5 Å². The van der Waals surface area contributed by atoms with E-state index in [1.165, 1.54) is 12.1 Å². The molecule has 0 bridgehead atoms. The predicted octanol–water partition coefficient (Wildman–Crippen LogP) is 2.55. The summed E-state index contributed by atoms with van der Waals surface area (Å²) in [6.07, 6.45) is 0.668. The lowest BCUT2D eigenvalue weighted by Crippen LogP contribution is -2.11. The van der Waals surface area contributed by atoms with Crippen LogP contribution in [0, 0.1) is 5.82 Å². The van der Waals surface area contributed by atoms with Gasteiger partial charge in [-0.05, 0) is 35.9 Å². The molecule has 0 spiro atoms. The zero-order valence-corrected chi connectivity index (χ0v) is 10.3. The number of benzene rings is 2. The standard InChI is InChI=1S/C15H14FNO2/c16-13-6-4-11(5-7-13)8-9-19-14-3-1-2-12(10-14)15(17)18/h1-7,10H,8-9H2,(H2,17,18). The molecule has 1 amide bonds. The van der Waals surface area contributed by atoms with Gasteiger partial charge >= 0.3 is 0 Å². The van der Waals surface area contributed by atoms with E-state index in [1.54, 1.807) is 36.4 Å². The summed E-state index contributed by atoms with van der Waals surface area (Å²) >= 11 is 0. The Morgan fingerprint density at radius 1 is 1.16 bits per heavy atom. The maximum atomic E-state index is 12.7. The predicted molar refractivity (Wildman–Crippen MR) is 70.6 cm³/mol. The summed E-state index contributed by atoms with van der Waals surface area (Å²) in [6.45, 7) is 0.452. The Morgan fingerprint density at radius 2 is 1.89 bits per heavy atom. The molecule has 19 heavy (non-hydrogen) atoms. The minimum Gasteiger partial charge on any atom is -0.493 e. The van der Waals surface area contributed by atoms with Crippen LogP contribution in [-0.4, -0.2) is 12.5 Å². The molecule has 0 aliphatic rings. The van der Waals surface area contributed by atoms with E-state index in [2.05, 4.69) is 0 Å². The van der Waals surface area contributed by atoms with Crippen LogP contribution in [0.25, 0.3) is 0 Å². The monoisotopic (exact) mass is 259 g/mol. The smallest absolute Gasteiger partial charge is 0.248 e. The fourth-order valence-electron chi connectivity index (χ4n) is 1.68. The van der Waals surface area contributed by atoms with Crippen LogP contribution in [0.4, 0.5) is 4.39 Å². The van der Waals surface area contributed by atoms with Gasteiger partial charge in [0.15, 0.2) is 0 Å². The number of halogens is 1. The highest BCUT2D eigenvalue weighted by Gasteiger charge is 2.02. The Bertz CT molecular complexity index is 567. The van der Waals surface area contributed by atoms with Crippen molar-refractivity contribution in [3.8, 4) is 5.75 Å². The van der Waals surface area contributed by atoms with Crippen LogP contribution in [0.1, 0.15) is 15.9 Å². The van der Waals surface area contributed by atoms with Gasteiger partial charge in [0, 0.05) is 12.0 Å². The van der Waals surface area contributed by atoms with Gasteiger partial charge in [-0.2, -0.15) is 0 Å². The fraction of sp³-hybridized carbons (Fsp3) is 0.133. The zero-order chi connectivity index (χ0) is 13.7. The van der Waals surface area contributed by atoms with Gasteiger partial charge in [0.2, 0.25) is 5.91 Å². The number of rotatable bonds is 5. The summed E-state index contributed by atoms with van der Waals surface area (Å²) < 4.78 is 18.2. The summed E-state index contributed by atoms with van der Waals surface area (Å²) in [7, 11) is 0. The third-order valence-electron chi connectivity index (χ3n) is 2.69. The minimum atomic E-state index is -0.482. The van der Waals surface area contributed by atoms with E-state index in [1.807, 2.05) is 0 Å². The molecule has 0 aliphatic carbocycles. The largest absolute Gasteiger partial charge is 0.493 e. The summed E-state index contributed by atoms with van der Waals surface area (Å²) in [4.78, 5) is 11.0. The molecule has 2 aromatic rings. The lowest BCUT2D eigenvalue weighted by Gasteiger charge is -2.07. The van der Waals surface area contributed by atoms with Crippen molar-refractivity contribution < 1.29 is 13.9 Å². The molecular formula is C15H14FNO2. The molecule has 0 atom stereocenters. The molecule has 2 rings (SSSR count). The van der Waals surface area contributed by atoms with Crippen molar-refractivity contribution in [1.29, 1.82) is 0 Å². The fourth-order valence-corrected chi connectivity index (χ4v) is 1.68. The van der Waals surface area contributed by atoms with Gasteiger partial charge in [-0.3, -0.25) is 4.79 Å². The lowest BCUT2D eigenvalue weighted by molar-refractivity contribution is 0.1000. The highest BCUT2D eigenvalue weighted by atomic mass is 19.1. The van der Waals surface area contributed by atoms with Crippen molar-refractivity contribution in [2.45, 2.75) is 6.42 Å². The Balaban J connectivity index is 1.90. The van der Waals surface area contributed by atoms with E-state index in [4.69, 9.17) is 10.5 Å². The quantitative estimate of drug-likeness (QED) is 0.897. The van der Waals surface area contributed by atoms with Crippen molar-refractivity contribution in [2.75, 3.05) is 6.61 Å². The normalized spacial score (nSPS) is 10.2. The Kier molecular flexibility index (Phi) is 4.13. The molecule has 0 heterocycles. The van der Waals surface area contributed by atoms with Gasteiger partial charge in [-0.15, -0.1) is 0 Å². The van der Waals surface area contributed by atoms with Gasteiger partial charge in [0.1, 0.15) is 11.6 Å². The van der Waals surface area contributed by atoms with Crippen molar-refractivity contribution in [3.63, 3.8) is 0 Å². The van der Waals surface area contributed by atoms with Crippen LogP contribution in [0.2, 0.25) is 0 Å². The molecule has 0 unspecified atom stereocenters. The molecule has 2 N–H and O–H groups in total. The first-order chi connectivity index (χ1) is 9.15. The van der Waals surface area contributed by atoms with Gasteiger partial charge in [-0.25, -0.2) is 4.39 Å². The van der Waals surface area contributed by atoms with Crippen LogP contribution >= 0.6 is 0 Å². The Hall–Kier alpha value is -2.36. The second-order valence-corrected chi connectivity index (χ2v) is 4.12. The molecular weight excluding hydrogens is 245 g/mol. The average Bonchev–Trinajstić information content (AvgIpc) is 2.41. The van der Waals surface area contributed by atoms with E-state index in [9.17, 15) is 9.18 Å². The van der Waals surface area contributed by atoms with E-state index < -0.39 is 5.91 Å². The Labute approximate surface area is 110 Å². The molecule has 0 saturated carbocycles. The van der Waals surface area contributed by atoms with Crippen molar-refractivity contribution >= 4 is 5.91 Å². The van der Waals surface area contributed by atoms with Crippen LogP contribution in [0.3, 0.4) is 0 Å². The number of hydrogen-bond acceptors (Lipinski definition) is 2. The number of carbonyl (C=O) groups is 1. The van der Waals surface area contributed by atoms with Gasteiger partial charge in [0.25, 0.3) is 0 Å². The number of primary amides is 1. The van der Waals surface area contributed by atoms with E-state index >= 15 is 0 Å². The van der Waals surface area contributed by atoms with Crippen LogP contribution in [-0.2, 0) is 6.42 Å². The summed E-state index contributed by atoms with van der Waals surface area (Å²) in [5, 5.41) is 0. The first-order valence-electron chi connectivity index (χ1n) is 5.92. The first-order valence-corrected chi connectivity index (χ1v) is 5.92. The average molecular weight is 259 g/mol. The molecule has 0 fully saturated rings. The summed E-state index contributed by atoms with van der Waals surface area (Å²) in [5.74, 6) is -0.138. The number of ether oxygens (including phenoxy) is 1. The molecule has 3 nitrogen and oxygen atoms in total. The highest BCUT2D eigenvalue weighted by molar-refractivity contribution is 5.93. The van der Waals surface area contributed by atoms with E-state index in [-0.39, 0.29) is 5.82 Å². The van der Waals surface area contributed by atoms with Crippen LogP contribution < -0.4 is 10.5 Å². The SMILES string of the molecule is NC(=O)c1cccc(OCCc2ccc(F)cc2)c1. The maximum Gasteiger partial charge on any atom is 0.248 e.